The van der Waals surface area contributed by atoms with Gasteiger partial charge >= 0.3 is 5.97 Å². The third-order valence-electron chi connectivity index (χ3n) is 8.28. The minimum atomic E-state index is -0.111. The molecule has 3 aliphatic carbocycles. The molecule has 0 amide bonds. The number of ether oxygens (including phenoxy) is 2. The Labute approximate surface area is 138 Å². The zero-order valence-corrected chi connectivity index (χ0v) is 14.8. The monoisotopic (exact) mass is 316 g/mol. The molecule has 6 atom stereocenters. The molecule has 0 unspecified atom stereocenters. The van der Waals surface area contributed by atoms with Crippen molar-refractivity contribution in [2.45, 2.75) is 84.0 Å². The summed E-state index contributed by atoms with van der Waals surface area (Å²) in [7, 11) is 0. The average molecular weight is 316 g/mol. The Morgan fingerprint density at radius 1 is 1.09 bits per heavy atom. The van der Waals surface area contributed by atoms with Gasteiger partial charge in [0.1, 0.15) is 17.8 Å². The molecule has 0 aromatic heterocycles. The van der Waals surface area contributed by atoms with Crippen molar-refractivity contribution < 1.29 is 14.3 Å². The fraction of sp³-hybridized carbons (Fsp3) is 0.850. The van der Waals surface area contributed by atoms with Crippen LogP contribution in [-0.2, 0) is 14.3 Å². The van der Waals surface area contributed by atoms with Crippen LogP contribution < -0.4 is 0 Å². The quantitative estimate of drug-likeness (QED) is 0.500. The van der Waals surface area contributed by atoms with Crippen LogP contribution in [0.5, 0.6) is 0 Å². The van der Waals surface area contributed by atoms with E-state index < -0.39 is 0 Å². The summed E-state index contributed by atoms with van der Waals surface area (Å²) in [5.41, 5.74) is 2.80. The van der Waals surface area contributed by atoms with Crippen molar-refractivity contribution in [1.29, 1.82) is 0 Å². The van der Waals surface area contributed by atoms with Crippen LogP contribution in [-0.4, -0.2) is 23.8 Å². The Hall–Kier alpha value is -0.830. The van der Waals surface area contributed by atoms with Gasteiger partial charge in [-0.2, -0.15) is 0 Å². The smallest absolute Gasteiger partial charge is 0.334 e. The number of fused-ring (bicyclic) bond motifs is 4. The van der Waals surface area contributed by atoms with Crippen molar-refractivity contribution in [3.8, 4) is 0 Å². The highest BCUT2D eigenvalue weighted by atomic mass is 16.6. The zero-order chi connectivity index (χ0) is 16.2. The van der Waals surface area contributed by atoms with Crippen molar-refractivity contribution in [3.05, 3.63) is 11.1 Å². The van der Waals surface area contributed by atoms with Gasteiger partial charge in [-0.15, -0.1) is 0 Å². The highest BCUT2D eigenvalue weighted by Gasteiger charge is 2.75. The fourth-order valence-electron chi connectivity index (χ4n) is 7.24. The molecule has 4 fully saturated rings. The van der Waals surface area contributed by atoms with E-state index in [1.54, 1.807) is 0 Å². The third kappa shape index (κ3) is 1.58. The number of carbonyl (C=O) groups is 1. The Balaban J connectivity index is 1.57. The molecule has 3 saturated carbocycles. The van der Waals surface area contributed by atoms with Gasteiger partial charge in [0.05, 0.1) is 0 Å². The Morgan fingerprint density at radius 3 is 2.65 bits per heavy atom. The molecule has 0 bridgehead atoms. The number of epoxide rings is 1. The lowest BCUT2D eigenvalue weighted by Crippen LogP contribution is -2.57. The van der Waals surface area contributed by atoms with E-state index in [1.165, 1.54) is 37.7 Å². The first-order valence-corrected chi connectivity index (χ1v) is 9.39. The maximum absolute atomic E-state index is 12.0. The molecule has 23 heavy (non-hydrogen) atoms. The van der Waals surface area contributed by atoms with Crippen LogP contribution in [0.3, 0.4) is 0 Å². The first-order valence-electron chi connectivity index (χ1n) is 9.39. The SMILES string of the molecule is CC1=C2[C@H]3O[C@]34CC[C@@H]3C(C)(C)CCC[C@@]3(C)[C@@H]4C[C@H]2OC1=O. The maximum Gasteiger partial charge on any atom is 0.334 e. The van der Waals surface area contributed by atoms with Gasteiger partial charge in [0.25, 0.3) is 0 Å². The molecule has 0 N–H and O–H groups in total. The summed E-state index contributed by atoms with van der Waals surface area (Å²) in [4.78, 5) is 12.0. The van der Waals surface area contributed by atoms with Crippen LogP contribution in [0.15, 0.2) is 11.1 Å². The summed E-state index contributed by atoms with van der Waals surface area (Å²) in [6.45, 7) is 9.37. The summed E-state index contributed by atoms with van der Waals surface area (Å²) in [5, 5.41) is 0. The second-order valence-electron chi connectivity index (χ2n) is 9.65. The molecule has 1 saturated heterocycles. The normalized spacial score (nSPS) is 53.0. The summed E-state index contributed by atoms with van der Waals surface area (Å²) >= 11 is 0. The van der Waals surface area contributed by atoms with E-state index in [9.17, 15) is 4.79 Å². The number of carbonyl (C=O) groups excluding carboxylic acids is 1. The van der Waals surface area contributed by atoms with Crippen LogP contribution in [0.25, 0.3) is 0 Å². The lowest BCUT2D eigenvalue weighted by molar-refractivity contribution is -0.146. The Bertz CT molecular complexity index is 633. The van der Waals surface area contributed by atoms with Gasteiger partial charge in [-0.25, -0.2) is 4.79 Å². The molecule has 126 valence electrons. The Morgan fingerprint density at radius 2 is 1.87 bits per heavy atom. The number of esters is 1. The lowest BCUT2D eigenvalue weighted by atomic mass is 9.44. The molecule has 0 radical (unpaired) electrons. The minimum Gasteiger partial charge on any atom is -0.454 e. The number of hydrogen-bond acceptors (Lipinski definition) is 3. The van der Waals surface area contributed by atoms with E-state index in [2.05, 4.69) is 20.8 Å². The van der Waals surface area contributed by atoms with Crippen molar-refractivity contribution in [2.75, 3.05) is 0 Å². The lowest BCUT2D eigenvalue weighted by Gasteiger charge is -2.60. The van der Waals surface area contributed by atoms with Crippen LogP contribution in [0.1, 0.15) is 66.2 Å². The van der Waals surface area contributed by atoms with Crippen molar-refractivity contribution >= 4 is 5.97 Å². The molecule has 3 nitrogen and oxygen atoms in total. The second-order valence-corrected chi connectivity index (χ2v) is 9.65. The zero-order valence-electron chi connectivity index (χ0n) is 14.8. The average Bonchev–Trinajstić information content (AvgIpc) is 3.11. The molecular weight excluding hydrogens is 288 g/mol. The molecule has 2 heterocycles. The summed E-state index contributed by atoms with van der Waals surface area (Å²) < 4.78 is 12.1. The van der Waals surface area contributed by atoms with E-state index in [0.29, 0.717) is 16.7 Å². The first-order chi connectivity index (χ1) is 10.8. The summed E-state index contributed by atoms with van der Waals surface area (Å²) in [6, 6.07) is 0. The van der Waals surface area contributed by atoms with Crippen molar-refractivity contribution in [2.24, 2.45) is 22.7 Å². The van der Waals surface area contributed by atoms with Crippen LogP contribution in [0, 0.1) is 22.7 Å². The number of rotatable bonds is 0. The summed E-state index contributed by atoms with van der Waals surface area (Å²) in [5.74, 6) is 1.21. The standard InChI is InChI=1S/C20H28O3/c1-11-15-12(22-17(11)21)10-14-19(4)8-5-7-18(2,3)13(19)6-9-20(14)16(15)23-20/h12-14,16H,5-10H2,1-4H3/t12-,13-,14+,16-,19-,20+/m1/s1. The molecule has 0 aromatic carbocycles. The second kappa shape index (κ2) is 4.04. The van der Waals surface area contributed by atoms with Crippen molar-refractivity contribution in [3.63, 3.8) is 0 Å². The molecular formula is C20H28O3. The highest BCUT2D eigenvalue weighted by Crippen LogP contribution is 2.71. The first kappa shape index (κ1) is 14.5. The number of hydrogen-bond donors (Lipinski definition) is 0. The molecule has 2 aliphatic heterocycles. The van der Waals surface area contributed by atoms with E-state index in [1.807, 2.05) is 6.92 Å². The van der Waals surface area contributed by atoms with E-state index >= 15 is 0 Å². The molecule has 0 aromatic rings. The predicted molar refractivity (Wildman–Crippen MR) is 86.8 cm³/mol. The molecule has 3 heteroatoms. The largest absolute Gasteiger partial charge is 0.454 e. The topological polar surface area (TPSA) is 38.8 Å². The van der Waals surface area contributed by atoms with Gasteiger partial charge < -0.3 is 9.47 Å². The predicted octanol–water partition coefficient (Wildman–Crippen LogP) is 4.01. The van der Waals surface area contributed by atoms with Crippen LogP contribution >= 0.6 is 0 Å². The van der Waals surface area contributed by atoms with E-state index in [4.69, 9.17) is 9.47 Å². The van der Waals surface area contributed by atoms with Gasteiger partial charge in [0.2, 0.25) is 0 Å². The molecule has 5 rings (SSSR count). The summed E-state index contributed by atoms with van der Waals surface area (Å²) in [6.07, 6.45) is 7.57. The van der Waals surface area contributed by atoms with Crippen LogP contribution in [0.4, 0.5) is 0 Å². The molecule has 5 aliphatic rings. The Kier molecular flexibility index (Phi) is 2.55. The minimum absolute atomic E-state index is 0.00580. The molecule has 1 spiro atoms. The van der Waals surface area contributed by atoms with Gasteiger partial charge in [0.15, 0.2) is 0 Å². The van der Waals surface area contributed by atoms with Gasteiger partial charge in [-0.05, 0) is 55.8 Å². The van der Waals surface area contributed by atoms with Gasteiger partial charge in [0, 0.05) is 17.1 Å². The maximum atomic E-state index is 12.0. The highest BCUT2D eigenvalue weighted by molar-refractivity contribution is 5.92. The van der Waals surface area contributed by atoms with E-state index in [-0.39, 0.29) is 23.8 Å². The van der Waals surface area contributed by atoms with Gasteiger partial charge in [-0.3, -0.25) is 0 Å². The fourth-order valence-corrected chi connectivity index (χ4v) is 7.24. The van der Waals surface area contributed by atoms with E-state index in [0.717, 1.165) is 17.9 Å². The third-order valence-corrected chi connectivity index (χ3v) is 8.28. The van der Waals surface area contributed by atoms with Gasteiger partial charge in [-0.1, -0.05) is 27.2 Å². The van der Waals surface area contributed by atoms with Crippen LogP contribution in [0.2, 0.25) is 0 Å². The van der Waals surface area contributed by atoms with Crippen molar-refractivity contribution in [1.82, 2.24) is 0 Å².